The molecule has 1 atom stereocenters. The van der Waals surface area contributed by atoms with E-state index in [2.05, 4.69) is 5.32 Å². The molecule has 0 aromatic heterocycles. The van der Waals surface area contributed by atoms with Crippen LogP contribution < -0.4 is 10.1 Å². The molecule has 0 saturated carbocycles. The molecule has 1 aromatic rings. The summed E-state index contributed by atoms with van der Waals surface area (Å²) in [7, 11) is 0. The summed E-state index contributed by atoms with van der Waals surface area (Å²) in [5.41, 5.74) is 0.557. The number of hydrogen-bond donors (Lipinski definition) is 2. The molecule has 0 fully saturated rings. The number of rotatable bonds is 5. The zero-order chi connectivity index (χ0) is 12.8. The molecular formula is C13H19NO3. The summed E-state index contributed by atoms with van der Waals surface area (Å²) in [6.45, 7) is 5.57. The van der Waals surface area contributed by atoms with Gasteiger partial charge in [-0.25, -0.2) is 0 Å². The largest absolute Gasteiger partial charge is 0.491 e. The minimum absolute atomic E-state index is 0.0692. The number of ether oxygens (including phenoxy) is 1. The standard InChI is InChI=1S/C13H19NO3/c1-9(2)17-12-6-4-11(5-7-12)13(16)14-10(3)8-15/h4-7,9-10,15H,8H2,1-3H3,(H,14,16)/t10-/m1/s1. The van der Waals surface area contributed by atoms with E-state index >= 15 is 0 Å². The van der Waals surface area contributed by atoms with E-state index in [9.17, 15) is 4.79 Å². The third-order valence-corrected chi connectivity index (χ3v) is 2.14. The van der Waals surface area contributed by atoms with Gasteiger partial charge in [-0.2, -0.15) is 0 Å². The topological polar surface area (TPSA) is 58.6 Å². The molecule has 4 nitrogen and oxygen atoms in total. The molecule has 0 aliphatic carbocycles. The highest BCUT2D eigenvalue weighted by Crippen LogP contribution is 2.13. The predicted octanol–water partition coefficient (Wildman–Crippen LogP) is 1.58. The fourth-order valence-corrected chi connectivity index (χ4v) is 1.31. The van der Waals surface area contributed by atoms with Gasteiger partial charge in [-0.3, -0.25) is 4.79 Å². The summed E-state index contributed by atoms with van der Waals surface area (Å²) in [4.78, 5) is 11.7. The number of carbonyl (C=O) groups is 1. The van der Waals surface area contributed by atoms with Crippen LogP contribution in [0.2, 0.25) is 0 Å². The van der Waals surface area contributed by atoms with E-state index < -0.39 is 0 Å². The molecule has 1 rings (SSSR count). The van der Waals surface area contributed by atoms with E-state index in [-0.39, 0.29) is 24.7 Å². The molecule has 0 saturated heterocycles. The summed E-state index contributed by atoms with van der Waals surface area (Å²) in [6.07, 6.45) is 0.115. The van der Waals surface area contributed by atoms with Gasteiger partial charge in [0.25, 0.3) is 5.91 Å². The molecule has 0 heterocycles. The van der Waals surface area contributed by atoms with Crippen LogP contribution in [0.25, 0.3) is 0 Å². The second-order valence-corrected chi connectivity index (χ2v) is 4.25. The second-order valence-electron chi connectivity index (χ2n) is 4.25. The predicted molar refractivity (Wildman–Crippen MR) is 66.2 cm³/mol. The Morgan fingerprint density at radius 1 is 1.29 bits per heavy atom. The smallest absolute Gasteiger partial charge is 0.251 e. The molecule has 0 spiro atoms. The van der Waals surface area contributed by atoms with Crippen LogP contribution in [0.3, 0.4) is 0 Å². The molecule has 94 valence electrons. The Bertz CT molecular complexity index is 359. The third-order valence-electron chi connectivity index (χ3n) is 2.14. The molecule has 1 amide bonds. The van der Waals surface area contributed by atoms with Gasteiger partial charge in [0.2, 0.25) is 0 Å². The fourth-order valence-electron chi connectivity index (χ4n) is 1.31. The van der Waals surface area contributed by atoms with Gasteiger partial charge >= 0.3 is 0 Å². The van der Waals surface area contributed by atoms with Crippen LogP contribution >= 0.6 is 0 Å². The van der Waals surface area contributed by atoms with Gasteiger partial charge < -0.3 is 15.2 Å². The second kappa shape index (κ2) is 6.25. The van der Waals surface area contributed by atoms with Gasteiger partial charge in [-0.1, -0.05) is 0 Å². The number of hydrogen-bond acceptors (Lipinski definition) is 3. The summed E-state index contributed by atoms with van der Waals surface area (Å²) < 4.78 is 5.48. The molecule has 0 aliphatic rings. The van der Waals surface area contributed by atoms with Crippen molar-refractivity contribution in [3.05, 3.63) is 29.8 Å². The normalized spacial score (nSPS) is 12.3. The van der Waals surface area contributed by atoms with Gasteiger partial charge in [-0.15, -0.1) is 0 Å². The van der Waals surface area contributed by atoms with Crippen LogP contribution in [0.4, 0.5) is 0 Å². The van der Waals surface area contributed by atoms with Crippen LogP contribution in [0.5, 0.6) is 5.75 Å². The van der Waals surface area contributed by atoms with Crippen LogP contribution in [0.15, 0.2) is 24.3 Å². The number of amides is 1. The fraction of sp³-hybridized carbons (Fsp3) is 0.462. The molecule has 0 bridgehead atoms. The monoisotopic (exact) mass is 237 g/mol. The van der Waals surface area contributed by atoms with Crippen molar-refractivity contribution in [1.29, 1.82) is 0 Å². The van der Waals surface area contributed by atoms with Gasteiger partial charge in [0, 0.05) is 11.6 Å². The average molecular weight is 237 g/mol. The first-order chi connectivity index (χ1) is 8.02. The minimum Gasteiger partial charge on any atom is -0.491 e. The lowest BCUT2D eigenvalue weighted by Gasteiger charge is -2.12. The quantitative estimate of drug-likeness (QED) is 0.817. The molecule has 0 aliphatic heterocycles. The lowest BCUT2D eigenvalue weighted by Crippen LogP contribution is -2.34. The number of carbonyl (C=O) groups excluding carboxylic acids is 1. The number of nitrogens with one attached hydrogen (secondary N) is 1. The van der Waals surface area contributed by atoms with Crippen molar-refractivity contribution in [3.8, 4) is 5.75 Å². The van der Waals surface area contributed by atoms with Gasteiger partial charge in [0.15, 0.2) is 0 Å². The highest BCUT2D eigenvalue weighted by atomic mass is 16.5. The maximum atomic E-state index is 11.7. The van der Waals surface area contributed by atoms with Crippen LogP contribution in [-0.2, 0) is 0 Å². The summed E-state index contributed by atoms with van der Waals surface area (Å²) in [5, 5.41) is 11.5. The van der Waals surface area contributed by atoms with Crippen molar-refractivity contribution in [3.63, 3.8) is 0 Å². The minimum atomic E-state index is -0.242. The van der Waals surface area contributed by atoms with Gasteiger partial charge in [-0.05, 0) is 45.0 Å². The number of aliphatic hydroxyl groups is 1. The molecule has 0 radical (unpaired) electrons. The first-order valence-electron chi connectivity index (χ1n) is 5.71. The van der Waals surface area contributed by atoms with Crippen LogP contribution in [0, 0.1) is 0 Å². The Kier molecular flexibility index (Phi) is 4.97. The number of benzene rings is 1. The summed E-state index contributed by atoms with van der Waals surface area (Å²) in [6, 6.07) is 6.69. The Labute approximate surface area is 102 Å². The molecule has 17 heavy (non-hydrogen) atoms. The highest BCUT2D eigenvalue weighted by Gasteiger charge is 2.08. The van der Waals surface area contributed by atoms with E-state index in [0.29, 0.717) is 5.56 Å². The Hall–Kier alpha value is -1.55. The molecule has 0 unspecified atom stereocenters. The van der Waals surface area contributed by atoms with Crippen molar-refractivity contribution in [2.24, 2.45) is 0 Å². The van der Waals surface area contributed by atoms with E-state index in [1.165, 1.54) is 0 Å². The van der Waals surface area contributed by atoms with Gasteiger partial charge in [0.05, 0.1) is 12.7 Å². The van der Waals surface area contributed by atoms with E-state index in [4.69, 9.17) is 9.84 Å². The molecule has 2 N–H and O–H groups in total. The van der Waals surface area contributed by atoms with Gasteiger partial charge in [0.1, 0.15) is 5.75 Å². The lowest BCUT2D eigenvalue weighted by atomic mass is 10.2. The first kappa shape index (κ1) is 13.5. The lowest BCUT2D eigenvalue weighted by molar-refractivity contribution is 0.0922. The Morgan fingerprint density at radius 2 is 1.88 bits per heavy atom. The zero-order valence-electron chi connectivity index (χ0n) is 10.4. The highest BCUT2D eigenvalue weighted by molar-refractivity contribution is 5.94. The van der Waals surface area contributed by atoms with Crippen molar-refractivity contribution >= 4 is 5.91 Å². The zero-order valence-corrected chi connectivity index (χ0v) is 10.4. The average Bonchev–Trinajstić information content (AvgIpc) is 2.28. The SMILES string of the molecule is CC(C)Oc1ccc(C(=O)N[C@H](C)CO)cc1. The first-order valence-corrected chi connectivity index (χ1v) is 5.71. The maximum Gasteiger partial charge on any atom is 0.251 e. The maximum absolute atomic E-state index is 11.7. The molecular weight excluding hydrogens is 218 g/mol. The van der Waals surface area contributed by atoms with Crippen molar-refractivity contribution < 1.29 is 14.6 Å². The molecule has 1 aromatic carbocycles. The van der Waals surface area contributed by atoms with E-state index in [1.807, 2.05) is 13.8 Å². The van der Waals surface area contributed by atoms with Crippen molar-refractivity contribution in [1.82, 2.24) is 5.32 Å². The summed E-state index contributed by atoms with van der Waals surface area (Å²) >= 11 is 0. The third kappa shape index (κ3) is 4.44. The number of aliphatic hydroxyl groups excluding tert-OH is 1. The van der Waals surface area contributed by atoms with Crippen molar-refractivity contribution in [2.75, 3.05) is 6.61 Å². The van der Waals surface area contributed by atoms with Crippen LogP contribution in [-0.4, -0.2) is 29.8 Å². The summed E-state index contributed by atoms with van der Waals surface area (Å²) in [5.74, 6) is 0.550. The molecule has 4 heteroatoms. The van der Waals surface area contributed by atoms with Crippen molar-refractivity contribution in [2.45, 2.75) is 32.9 Å². The Morgan fingerprint density at radius 3 is 2.35 bits per heavy atom. The van der Waals surface area contributed by atoms with E-state index in [0.717, 1.165) is 5.75 Å². The Balaban J connectivity index is 2.64. The van der Waals surface area contributed by atoms with E-state index in [1.54, 1.807) is 31.2 Å². The van der Waals surface area contributed by atoms with Crippen LogP contribution in [0.1, 0.15) is 31.1 Å².